The van der Waals surface area contributed by atoms with E-state index in [0.29, 0.717) is 0 Å². The molecule has 0 saturated carbocycles. The van der Waals surface area contributed by atoms with Crippen molar-refractivity contribution in [3.63, 3.8) is 0 Å². The largest absolute Gasteiger partial charge is 0.350 e. The average Bonchev–Trinajstić information content (AvgIpc) is 1.99. The van der Waals surface area contributed by atoms with Gasteiger partial charge in [-0.1, -0.05) is 0 Å². The van der Waals surface area contributed by atoms with Crippen molar-refractivity contribution in [1.82, 2.24) is 0 Å². The summed E-state index contributed by atoms with van der Waals surface area (Å²) in [6.45, 7) is 2.43. The van der Waals surface area contributed by atoms with Gasteiger partial charge in [-0.25, -0.2) is 0 Å². The van der Waals surface area contributed by atoms with Crippen LogP contribution in [0.1, 0.15) is 20.3 Å². The maximum atomic E-state index is 10.9. The molecule has 0 N–H and O–H groups in total. The third kappa shape index (κ3) is 4.01. The number of esters is 1. The van der Waals surface area contributed by atoms with E-state index in [0.717, 1.165) is 6.26 Å². The first kappa shape index (κ1) is 11.3. The Morgan fingerprint density at radius 1 is 1.38 bits per heavy atom. The van der Waals surface area contributed by atoms with E-state index in [1.807, 2.05) is 0 Å². The van der Waals surface area contributed by atoms with Crippen molar-refractivity contribution in [2.45, 2.75) is 20.3 Å². The minimum atomic E-state index is -1.14. The van der Waals surface area contributed by atoms with Crippen LogP contribution in [0.15, 0.2) is 0 Å². The van der Waals surface area contributed by atoms with Crippen LogP contribution in [0.4, 0.5) is 0 Å². The van der Waals surface area contributed by atoms with Crippen molar-refractivity contribution >= 4 is 17.5 Å². The second kappa shape index (κ2) is 5.04. The molecule has 0 aromatic rings. The number of nitrogens with zero attached hydrogens (tertiary/aromatic N) is 1. The molecule has 0 saturated heterocycles. The molecular formula is C8H9NO4. The SMILES string of the molecule is CC(=O)CC(C(C)=O)C(=O)OC#N. The van der Waals surface area contributed by atoms with E-state index in [1.54, 1.807) is 0 Å². The Labute approximate surface area is 75.3 Å². The van der Waals surface area contributed by atoms with Crippen LogP contribution < -0.4 is 0 Å². The Kier molecular flexibility index (Phi) is 4.38. The number of carbonyl (C=O) groups is 3. The van der Waals surface area contributed by atoms with Crippen molar-refractivity contribution in [2.75, 3.05) is 0 Å². The molecule has 0 bridgehead atoms. The summed E-state index contributed by atoms with van der Waals surface area (Å²) in [6, 6.07) is 0. The van der Waals surface area contributed by atoms with Crippen LogP contribution in [0, 0.1) is 17.4 Å². The lowest BCUT2D eigenvalue weighted by Crippen LogP contribution is -2.25. The molecule has 0 rings (SSSR count). The highest BCUT2D eigenvalue weighted by Gasteiger charge is 2.26. The Morgan fingerprint density at radius 2 is 1.92 bits per heavy atom. The molecule has 0 aromatic carbocycles. The summed E-state index contributed by atoms with van der Waals surface area (Å²) >= 11 is 0. The predicted octanol–water partition coefficient (Wildman–Crippen LogP) is 0.195. The fourth-order valence-corrected chi connectivity index (χ4v) is 0.797. The summed E-state index contributed by atoms with van der Waals surface area (Å²) in [5.41, 5.74) is 0. The van der Waals surface area contributed by atoms with Crippen molar-refractivity contribution in [1.29, 1.82) is 5.26 Å². The van der Waals surface area contributed by atoms with Gasteiger partial charge in [-0.15, -0.1) is 5.26 Å². The van der Waals surface area contributed by atoms with E-state index in [2.05, 4.69) is 4.74 Å². The highest BCUT2D eigenvalue weighted by atomic mass is 16.5. The van der Waals surface area contributed by atoms with Crippen LogP contribution in [0.25, 0.3) is 0 Å². The second-order valence-corrected chi connectivity index (χ2v) is 2.58. The lowest BCUT2D eigenvalue weighted by atomic mass is 9.99. The molecule has 0 amide bonds. The van der Waals surface area contributed by atoms with Gasteiger partial charge in [0.15, 0.2) is 0 Å². The summed E-state index contributed by atoms with van der Waals surface area (Å²) < 4.78 is 3.96. The van der Waals surface area contributed by atoms with Crippen LogP contribution in [0.2, 0.25) is 0 Å². The summed E-state index contributed by atoms with van der Waals surface area (Å²) in [6.07, 6.45) is 0.951. The smallest absolute Gasteiger partial charge is 0.332 e. The van der Waals surface area contributed by atoms with Crippen LogP contribution >= 0.6 is 0 Å². The van der Waals surface area contributed by atoms with Crippen molar-refractivity contribution < 1.29 is 19.1 Å². The average molecular weight is 183 g/mol. The standard InChI is InChI=1S/C8H9NO4/c1-5(10)3-7(6(2)11)8(12)13-4-9/h7H,3H2,1-2H3. The van der Waals surface area contributed by atoms with Gasteiger partial charge in [0.2, 0.25) is 0 Å². The number of rotatable bonds is 4. The van der Waals surface area contributed by atoms with Gasteiger partial charge in [0.25, 0.3) is 6.26 Å². The van der Waals surface area contributed by atoms with Gasteiger partial charge in [-0.05, 0) is 13.8 Å². The molecule has 0 spiro atoms. The highest BCUT2D eigenvalue weighted by Crippen LogP contribution is 2.07. The molecule has 0 aliphatic carbocycles. The first-order valence-electron chi connectivity index (χ1n) is 3.58. The zero-order valence-electron chi connectivity index (χ0n) is 7.36. The molecule has 0 fully saturated rings. The zero-order valence-corrected chi connectivity index (χ0v) is 7.36. The minimum Gasteiger partial charge on any atom is -0.350 e. The lowest BCUT2D eigenvalue weighted by Gasteiger charge is -2.06. The molecular weight excluding hydrogens is 174 g/mol. The fourth-order valence-electron chi connectivity index (χ4n) is 0.797. The summed E-state index contributed by atoms with van der Waals surface area (Å²) in [5, 5.41) is 8.01. The highest BCUT2D eigenvalue weighted by molar-refractivity contribution is 6.01. The fraction of sp³-hybridized carbons (Fsp3) is 0.500. The molecule has 1 unspecified atom stereocenters. The van der Waals surface area contributed by atoms with E-state index in [9.17, 15) is 14.4 Å². The van der Waals surface area contributed by atoms with Crippen molar-refractivity contribution in [3.8, 4) is 6.26 Å². The third-order valence-electron chi connectivity index (χ3n) is 1.41. The third-order valence-corrected chi connectivity index (χ3v) is 1.41. The van der Waals surface area contributed by atoms with Gasteiger partial charge >= 0.3 is 5.97 Å². The molecule has 0 aliphatic rings. The number of hydrogen-bond donors (Lipinski definition) is 0. The first-order chi connectivity index (χ1) is 5.99. The maximum absolute atomic E-state index is 10.9. The number of Topliss-reactive ketones (excluding diaryl/α,β-unsaturated/α-hetero) is 2. The molecule has 70 valence electrons. The summed E-state index contributed by atoms with van der Waals surface area (Å²) in [4.78, 5) is 32.4. The van der Waals surface area contributed by atoms with Crippen LogP contribution in [0.5, 0.6) is 0 Å². The zero-order chi connectivity index (χ0) is 10.4. The molecule has 5 nitrogen and oxygen atoms in total. The molecule has 0 aromatic heterocycles. The van der Waals surface area contributed by atoms with Gasteiger partial charge in [0.1, 0.15) is 17.5 Å². The number of ether oxygens (including phenoxy) is 1. The monoisotopic (exact) mass is 183 g/mol. The van der Waals surface area contributed by atoms with E-state index in [-0.39, 0.29) is 12.2 Å². The molecule has 13 heavy (non-hydrogen) atoms. The van der Waals surface area contributed by atoms with Crippen LogP contribution in [-0.2, 0) is 19.1 Å². The van der Waals surface area contributed by atoms with Gasteiger partial charge in [0, 0.05) is 6.42 Å². The molecule has 0 aliphatic heterocycles. The minimum absolute atomic E-state index is 0.212. The number of hydrogen-bond acceptors (Lipinski definition) is 5. The van der Waals surface area contributed by atoms with E-state index < -0.39 is 17.7 Å². The predicted molar refractivity (Wildman–Crippen MR) is 41.2 cm³/mol. The Balaban J connectivity index is 4.44. The van der Waals surface area contributed by atoms with Crippen molar-refractivity contribution in [2.24, 2.45) is 5.92 Å². The van der Waals surface area contributed by atoms with Crippen LogP contribution in [-0.4, -0.2) is 17.5 Å². The first-order valence-corrected chi connectivity index (χ1v) is 3.58. The quantitative estimate of drug-likeness (QED) is 0.353. The van der Waals surface area contributed by atoms with Gasteiger partial charge < -0.3 is 4.74 Å². The summed E-state index contributed by atoms with van der Waals surface area (Å²) in [7, 11) is 0. The number of nitriles is 1. The normalized spacial score (nSPS) is 11.2. The van der Waals surface area contributed by atoms with E-state index in [4.69, 9.17) is 5.26 Å². The Hall–Kier alpha value is -1.70. The van der Waals surface area contributed by atoms with Gasteiger partial charge in [0.05, 0.1) is 0 Å². The Morgan fingerprint density at radius 3 is 2.23 bits per heavy atom. The van der Waals surface area contributed by atoms with E-state index in [1.165, 1.54) is 13.8 Å². The van der Waals surface area contributed by atoms with Gasteiger partial charge in [-0.3, -0.25) is 14.4 Å². The van der Waals surface area contributed by atoms with Crippen molar-refractivity contribution in [3.05, 3.63) is 0 Å². The number of carbonyl (C=O) groups excluding carboxylic acids is 3. The summed E-state index contributed by atoms with van der Waals surface area (Å²) in [5.74, 6) is -2.88. The molecule has 5 heteroatoms. The lowest BCUT2D eigenvalue weighted by molar-refractivity contribution is -0.147. The van der Waals surface area contributed by atoms with Crippen LogP contribution in [0.3, 0.4) is 0 Å². The van der Waals surface area contributed by atoms with E-state index >= 15 is 0 Å². The molecule has 0 radical (unpaired) electrons. The molecule has 0 heterocycles. The Bertz CT molecular complexity index is 276. The van der Waals surface area contributed by atoms with Gasteiger partial charge in [-0.2, -0.15) is 0 Å². The second-order valence-electron chi connectivity index (χ2n) is 2.58. The maximum Gasteiger partial charge on any atom is 0.332 e. The topological polar surface area (TPSA) is 84.2 Å². The molecule has 1 atom stereocenters. The number of ketones is 2.